The molecule has 0 aliphatic rings. The zero-order valence-corrected chi connectivity index (χ0v) is 17.2. The SMILES string of the molecule is CC(OC(=O)c1ccc(CCNS(C)(=O)=O)cc1)c1nc2ccccc2n1C(F)F. The minimum atomic E-state index is -3.26. The van der Waals surface area contributed by atoms with Gasteiger partial charge in [-0.1, -0.05) is 24.3 Å². The van der Waals surface area contributed by atoms with Crippen molar-refractivity contribution in [1.29, 1.82) is 0 Å². The number of esters is 1. The fourth-order valence-corrected chi connectivity index (χ4v) is 3.50. The lowest BCUT2D eigenvalue weighted by Crippen LogP contribution is -2.24. The first-order valence-corrected chi connectivity index (χ1v) is 11.0. The number of ether oxygens (including phenoxy) is 1. The van der Waals surface area contributed by atoms with E-state index in [1.165, 1.54) is 13.0 Å². The molecular weight excluding hydrogens is 416 g/mol. The normalized spacial score (nSPS) is 13.0. The second-order valence-corrected chi connectivity index (χ2v) is 8.60. The van der Waals surface area contributed by atoms with Gasteiger partial charge < -0.3 is 4.74 Å². The van der Waals surface area contributed by atoms with E-state index in [1.807, 2.05) is 0 Å². The summed E-state index contributed by atoms with van der Waals surface area (Å²) in [5.41, 5.74) is 1.73. The maximum Gasteiger partial charge on any atom is 0.338 e. The number of alkyl halides is 2. The zero-order chi connectivity index (χ0) is 21.9. The topological polar surface area (TPSA) is 90.3 Å². The van der Waals surface area contributed by atoms with Gasteiger partial charge in [-0.15, -0.1) is 0 Å². The molecular formula is C20H21F2N3O4S. The first-order chi connectivity index (χ1) is 14.2. The summed E-state index contributed by atoms with van der Waals surface area (Å²) in [6.45, 7) is -1.10. The molecule has 3 aromatic rings. The number of sulfonamides is 1. The lowest BCUT2D eigenvalue weighted by Gasteiger charge is -2.15. The molecule has 0 bridgehead atoms. The number of nitrogens with one attached hydrogen (secondary N) is 1. The monoisotopic (exact) mass is 437 g/mol. The number of benzene rings is 2. The van der Waals surface area contributed by atoms with Gasteiger partial charge in [0.25, 0.3) is 0 Å². The largest absolute Gasteiger partial charge is 0.451 e. The Balaban J connectivity index is 1.70. The summed E-state index contributed by atoms with van der Waals surface area (Å²) in [6.07, 6.45) is 0.546. The van der Waals surface area contributed by atoms with Crippen molar-refractivity contribution in [3.63, 3.8) is 0 Å². The number of nitrogens with zero attached hydrogens (tertiary/aromatic N) is 2. The number of para-hydroxylation sites is 2. The zero-order valence-electron chi connectivity index (χ0n) is 16.4. The van der Waals surface area contributed by atoms with Crippen LogP contribution < -0.4 is 4.72 Å². The van der Waals surface area contributed by atoms with Crippen LogP contribution in [0.5, 0.6) is 0 Å². The van der Waals surface area contributed by atoms with Crippen molar-refractivity contribution in [1.82, 2.24) is 14.3 Å². The predicted molar refractivity (Wildman–Crippen MR) is 108 cm³/mol. The number of halogens is 2. The fraction of sp³-hybridized carbons (Fsp3) is 0.300. The van der Waals surface area contributed by atoms with Gasteiger partial charge in [0, 0.05) is 6.54 Å². The molecule has 1 N–H and O–H groups in total. The Morgan fingerprint density at radius 1 is 1.17 bits per heavy atom. The van der Waals surface area contributed by atoms with Crippen molar-refractivity contribution in [3.8, 4) is 0 Å². The van der Waals surface area contributed by atoms with E-state index in [9.17, 15) is 22.0 Å². The van der Waals surface area contributed by atoms with E-state index < -0.39 is 28.6 Å². The number of fused-ring (bicyclic) bond motifs is 1. The molecule has 0 radical (unpaired) electrons. The Labute approximate surface area is 172 Å². The summed E-state index contributed by atoms with van der Waals surface area (Å²) >= 11 is 0. The number of carbonyl (C=O) groups is 1. The summed E-state index contributed by atoms with van der Waals surface area (Å²) in [7, 11) is -3.26. The molecule has 160 valence electrons. The average Bonchev–Trinajstić information content (AvgIpc) is 3.07. The second kappa shape index (κ2) is 8.88. The van der Waals surface area contributed by atoms with Gasteiger partial charge in [-0.3, -0.25) is 4.57 Å². The highest BCUT2D eigenvalue weighted by atomic mass is 32.2. The molecule has 0 aliphatic carbocycles. The van der Waals surface area contributed by atoms with E-state index in [2.05, 4.69) is 9.71 Å². The van der Waals surface area contributed by atoms with E-state index >= 15 is 0 Å². The molecule has 0 aliphatic heterocycles. The molecule has 10 heteroatoms. The van der Waals surface area contributed by atoms with Gasteiger partial charge in [0.2, 0.25) is 10.0 Å². The quantitative estimate of drug-likeness (QED) is 0.545. The third kappa shape index (κ3) is 5.19. The molecule has 7 nitrogen and oxygen atoms in total. The third-order valence-corrected chi connectivity index (χ3v) is 5.16. The smallest absolute Gasteiger partial charge is 0.338 e. The molecule has 0 saturated heterocycles. The summed E-state index contributed by atoms with van der Waals surface area (Å²) in [6, 6.07) is 12.9. The first-order valence-electron chi connectivity index (χ1n) is 9.15. The van der Waals surface area contributed by atoms with Gasteiger partial charge in [0.15, 0.2) is 11.9 Å². The van der Waals surface area contributed by atoms with Crippen molar-refractivity contribution in [2.24, 2.45) is 0 Å². The third-order valence-electron chi connectivity index (χ3n) is 4.43. The Bertz CT molecular complexity index is 1140. The Morgan fingerprint density at radius 3 is 2.47 bits per heavy atom. The Morgan fingerprint density at radius 2 is 1.83 bits per heavy atom. The Kier molecular flexibility index (Phi) is 6.47. The molecule has 0 amide bonds. The molecule has 0 fully saturated rings. The molecule has 1 atom stereocenters. The van der Waals surface area contributed by atoms with Crippen molar-refractivity contribution in [2.45, 2.75) is 26.0 Å². The van der Waals surface area contributed by atoms with Gasteiger partial charge >= 0.3 is 12.5 Å². The first kappa shape index (κ1) is 21.8. The number of hydrogen-bond donors (Lipinski definition) is 1. The number of aromatic nitrogens is 2. The summed E-state index contributed by atoms with van der Waals surface area (Å²) in [4.78, 5) is 16.6. The van der Waals surface area contributed by atoms with E-state index in [-0.39, 0.29) is 23.4 Å². The van der Waals surface area contributed by atoms with Crippen LogP contribution in [0.25, 0.3) is 11.0 Å². The molecule has 0 spiro atoms. The predicted octanol–water partition coefficient (Wildman–Crippen LogP) is 3.44. The van der Waals surface area contributed by atoms with Gasteiger partial charge in [-0.2, -0.15) is 8.78 Å². The highest BCUT2D eigenvalue weighted by molar-refractivity contribution is 7.88. The molecule has 1 unspecified atom stereocenters. The van der Waals surface area contributed by atoms with Crippen molar-refractivity contribution in [3.05, 3.63) is 65.5 Å². The van der Waals surface area contributed by atoms with Gasteiger partial charge in [0.1, 0.15) is 0 Å². The molecule has 0 saturated carbocycles. The minimum absolute atomic E-state index is 0.0389. The van der Waals surface area contributed by atoms with E-state index in [4.69, 9.17) is 4.74 Å². The minimum Gasteiger partial charge on any atom is -0.451 e. The van der Waals surface area contributed by atoms with Crippen LogP contribution in [0.1, 0.15) is 41.3 Å². The van der Waals surface area contributed by atoms with E-state index in [0.29, 0.717) is 11.9 Å². The maximum absolute atomic E-state index is 13.6. The number of rotatable bonds is 8. The van der Waals surface area contributed by atoms with Gasteiger partial charge in [-0.25, -0.2) is 22.9 Å². The molecule has 30 heavy (non-hydrogen) atoms. The van der Waals surface area contributed by atoms with Crippen LogP contribution in [-0.2, 0) is 21.2 Å². The van der Waals surface area contributed by atoms with Crippen LogP contribution in [-0.4, -0.2) is 36.7 Å². The van der Waals surface area contributed by atoms with E-state index in [0.717, 1.165) is 16.4 Å². The van der Waals surface area contributed by atoms with Gasteiger partial charge in [0.05, 0.1) is 22.9 Å². The molecule has 3 rings (SSSR count). The van der Waals surface area contributed by atoms with Gasteiger partial charge in [-0.05, 0) is 43.2 Å². The summed E-state index contributed by atoms with van der Waals surface area (Å²) in [5, 5.41) is 0. The number of hydrogen-bond acceptors (Lipinski definition) is 5. The summed E-state index contributed by atoms with van der Waals surface area (Å²) in [5.74, 6) is -0.709. The molecule has 1 aromatic heterocycles. The lowest BCUT2D eigenvalue weighted by atomic mass is 10.1. The van der Waals surface area contributed by atoms with Crippen molar-refractivity contribution in [2.75, 3.05) is 12.8 Å². The fourth-order valence-electron chi connectivity index (χ4n) is 3.02. The van der Waals surface area contributed by atoms with Crippen LogP contribution in [0.15, 0.2) is 48.5 Å². The number of carbonyl (C=O) groups excluding carboxylic acids is 1. The Hall–Kier alpha value is -2.85. The molecule has 2 aromatic carbocycles. The van der Waals surface area contributed by atoms with Crippen LogP contribution in [0.4, 0.5) is 8.78 Å². The number of imidazole rings is 1. The van der Waals surface area contributed by atoms with Crippen molar-refractivity contribution >= 4 is 27.0 Å². The van der Waals surface area contributed by atoms with Crippen molar-refractivity contribution < 1.29 is 26.7 Å². The van der Waals surface area contributed by atoms with Crippen LogP contribution in [0.3, 0.4) is 0 Å². The highest BCUT2D eigenvalue weighted by Crippen LogP contribution is 2.28. The standard InChI is InChI=1S/C20H21F2N3O4S/c1-13(18-24-16-5-3-4-6-17(16)25(18)20(21)22)29-19(26)15-9-7-14(8-10-15)11-12-23-30(2,27)28/h3-10,13,20,23H,11-12H2,1-2H3. The maximum atomic E-state index is 13.6. The lowest BCUT2D eigenvalue weighted by molar-refractivity contribution is 0.0233. The molecule has 1 heterocycles. The second-order valence-electron chi connectivity index (χ2n) is 6.77. The van der Waals surface area contributed by atoms with Crippen LogP contribution in [0.2, 0.25) is 0 Å². The summed E-state index contributed by atoms with van der Waals surface area (Å²) < 4.78 is 57.8. The van der Waals surface area contributed by atoms with E-state index in [1.54, 1.807) is 42.5 Å². The average molecular weight is 437 g/mol. The van der Waals surface area contributed by atoms with Crippen LogP contribution in [0, 0.1) is 0 Å². The van der Waals surface area contributed by atoms with Crippen LogP contribution >= 0.6 is 0 Å². The highest BCUT2D eigenvalue weighted by Gasteiger charge is 2.24.